The first kappa shape index (κ1) is 30.7. The largest absolute Gasteiger partial charge is 0.394 e. The molecule has 1 N–H and O–H groups in total. The van der Waals surface area contributed by atoms with Gasteiger partial charge in [-0.05, 0) is 59.3 Å². The summed E-state index contributed by atoms with van der Waals surface area (Å²) in [7, 11) is 0. The topological polar surface area (TPSA) is 81.2 Å². The zero-order chi connectivity index (χ0) is 28.6. The summed E-state index contributed by atoms with van der Waals surface area (Å²) in [5, 5.41) is 10.5. The highest BCUT2D eigenvalue weighted by Gasteiger charge is 2.78. The van der Waals surface area contributed by atoms with Crippen molar-refractivity contribution in [3.63, 3.8) is 0 Å². The van der Waals surface area contributed by atoms with Gasteiger partial charge in [-0.15, -0.1) is 24.9 Å². The number of carbonyl (C=O) groups is 3. The van der Waals surface area contributed by atoms with Crippen LogP contribution >= 0.6 is 11.8 Å². The van der Waals surface area contributed by atoms with E-state index in [-0.39, 0.29) is 30.2 Å². The summed E-state index contributed by atoms with van der Waals surface area (Å²) in [6.45, 7) is 23.2. The standard InChI is InChI=1S/C30H49N3O4S/c1-10-15-31(16-11-2)25(35)22-23-26(36)33(21(19-34)18-20(4)5)24(30(23)14-13-29(22,9)38-30)27(37)32(17-12-3)28(6,7)8/h10,12,20-24,34H,1,3,11,13-19H2,2,4-9H3/t21-,22-,23+,24?,29+,30?/m1/s1. The van der Waals surface area contributed by atoms with E-state index in [2.05, 4.69) is 33.9 Å². The Morgan fingerprint density at radius 3 is 2.32 bits per heavy atom. The Morgan fingerprint density at radius 1 is 1.18 bits per heavy atom. The van der Waals surface area contributed by atoms with Gasteiger partial charge in [0.1, 0.15) is 6.04 Å². The second-order valence-corrected chi connectivity index (χ2v) is 14.8. The van der Waals surface area contributed by atoms with Crippen LogP contribution in [0.5, 0.6) is 0 Å². The predicted molar refractivity (Wildman–Crippen MR) is 155 cm³/mol. The summed E-state index contributed by atoms with van der Waals surface area (Å²) in [6.07, 6.45) is 6.34. The molecule has 0 saturated carbocycles. The van der Waals surface area contributed by atoms with E-state index in [1.807, 2.05) is 32.6 Å². The van der Waals surface area contributed by atoms with E-state index in [0.29, 0.717) is 32.5 Å². The van der Waals surface area contributed by atoms with Crippen LogP contribution in [0.1, 0.15) is 74.1 Å². The molecule has 0 aliphatic carbocycles. The monoisotopic (exact) mass is 547 g/mol. The summed E-state index contributed by atoms with van der Waals surface area (Å²) in [6, 6.07) is -1.22. The maximum absolute atomic E-state index is 14.6. The summed E-state index contributed by atoms with van der Waals surface area (Å²) >= 11 is 1.69. The van der Waals surface area contributed by atoms with E-state index >= 15 is 0 Å². The number of aliphatic hydroxyl groups excluding tert-OH is 1. The Morgan fingerprint density at radius 2 is 1.82 bits per heavy atom. The summed E-state index contributed by atoms with van der Waals surface area (Å²) in [5.41, 5.74) is -0.482. The van der Waals surface area contributed by atoms with Crippen molar-refractivity contribution in [2.24, 2.45) is 17.8 Å². The molecular weight excluding hydrogens is 498 g/mol. The van der Waals surface area contributed by atoms with Gasteiger partial charge in [0, 0.05) is 29.9 Å². The molecule has 3 saturated heterocycles. The number of nitrogens with zero attached hydrogens (tertiary/aromatic N) is 3. The van der Waals surface area contributed by atoms with Gasteiger partial charge < -0.3 is 19.8 Å². The third-order valence-electron chi connectivity index (χ3n) is 8.60. The Labute approximate surface area is 234 Å². The molecular formula is C30H49N3O4S. The molecule has 7 nitrogen and oxygen atoms in total. The number of hydrogen-bond donors (Lipinski definition) is 1. The minimum Gasteiger partial charge on any atom is -0.394 e. The Hall–Kier alpha value is -1.80. The molecule has 3 aliphatic heterocycles. The summed E-state index contributed by atoms with van der Waals surface area (Å²) in [5.74, 6) is -1.16. The van der Waals surface area contributed by atoms with Gasteiger partial charge in [-0.2, -0.15) is 0 Å². The molecule has 0 radical (unpaired) electrons. The van der Waals surface area contributed by atoms with Gasteiger partial charge >= 0.3 is 0 Å². The van der Waals surface area contributed by atoms with Crippen molar-refractivity contribution < 1.29 is 19.5 Å². The minimum absolute atomic E-state index is 0.0158. The SMILES string of the molecule is C=CCN(CCC)C(=O)[C@H]1[C@H]2C(=O)N([C@@H](CO)CC(C)C)C(C(=O)N(CC=C)C(C)(C)C)C23CC[C@]1(C)S3. The van der Waals surface area contributed by atoms with Gasteiger partial charge in [0.15, 0.2) is 0 Å². The van der Waals surface area contributed by atoms with Crippen molar-refractivity contribution in [3.05, 3.63) is 25.3 Å². The molecule has 6 atom stereocenters. The number of likely N-dealkylation sites (tertiary alicyclic amines) is 1. The maximum atomic E-state index is 14.6. The molecule has 3 amide bonds. The highest BCUT2D eigenvalue weighted by Crippen LogP contribution is 2.72. The normalized spacial score (nSPS) is 30.9. The number of fused-ring (bicyclic) bond motifs is 1. The van der Waals surface area contributed by atoms with E-state index in [4.69, 9.17) is 0 Å². The van der Waals surface area contributed by atoms with Crippen LogP contribution in [0.15, 0.2) is 25.3 Å². The number of amides is 3. The van der Waals surface area contributed by atoms with Gasteiger partial charge in [-0.25, -0.2) is 0 Å². The molecule has 0 aromatic rings. The molecule has 3 aliphatic rings. The zero-order valence-corrected chi connectivity index (χ0v) is 25.4. The molecule has 2 unspecified atom stereocenters. The number of carbonyl (C=O) groups excluding carboxylic acids is 3. The fraction of sp³-hybridized carbons (Fsp3) is 0.767. The first-order chi connectivity index (χ1) is 17.7. The summed E-state index contributed by atoms with van der Waals surface area (Å²) in [4.78, 5) is 48.5. The average molecular weight is 548 g/mol. The van der Waals surface area contributed by atoms with Gasteiger partial charge in [-0.3, -0.25) is 14.4 Å². The number of hydrogen-bond acceptors (Lipinski definition) is 5. The van der Waals surface area contributed by atoms with Crippen molar-refractivity contribution in [1.29, 1.82) is 0 Å². The molecule has 1 spiro atoms. The molecule has 2 bridgehead atoms. The van der Waals surface area contributed by atoms with E-state index in [1.165, 1.54) is 0 Å². The van der Waals surface area contributed by atoms with Crippen LogP contribution in [0.2, 0.25) is 0 Å². The highest BCUT2D eigenvalue weighted by molar-refractivity contribution is 8.02. The van der Waals surface area contributed by atoms with Crippen LogP contribution in [0, 0.1) is 17.8 Å². The van der Waals surface area contributed by atoms with E-state index in [9.17, 15) is 19.5 Å². The van der Waals surface area contributed by atoms with Crippen LogP contribution in [-0.4, -0.2) is 90.9 Å². The van der Waals surface area contributed by atoms with Crippen LogP contribution in [0.25, 0.3) is 0 Å². The lowest BCUT2D eigenvalue weighted by Gasteiger charge is -2.44. The molecule has 0 aromatic carbocycles. The van der Waals surface area contributed by atoms with Crippen LogP contribution < -0.4 is 0 Å². The minimum atomic E-state index is -0.737. The number of aliphatic hydroxyl groups is 1. The second kappa shape index (κ2) is 11.4. The fourth-order valence-electron chi connectivity index (χ4n) is 7.12. The van der Waals surface area contributed by atoms with Crippen molar-refractivity contribution in [2.45, 2.75) is 101 Å². The first-order valence-electron chi connectivity index (χ1n) is 14.2. The quantitative estimate of drug-likeness (QED) is 0.372. The molecule has 3 rings (SSSR count). The first-order valence-corrected chi connectivity index (χ1v) is 15.0. The predicted octanol–water partition coefficient (Wildman–Crippen LogP) is 4.11. The van der Waals surface area contributed by atoms with Crippen LogP contribution in [0.4, 0.5) is 0 Å². The lowest BCUT2D eigenvalue weighted by molar-refractivity contribution is -0.149. The third-order valence-corrected chi connectivity index (χ3v) is 10.6. The molecule has 8 heteroatoms. The van der Waals surface area contributed by atoms with Crippen molar-refractivity contribution in [1.82, 2.24) is 14.7 Å². The highest BCUT2D eigenvalue weighted by atomic mass is 32.2. The van der Waals surface area contributed by atoms with Crippen molar-refractivity contribution >= 4 is 29.5 Å². The van der Waals surface area contributed by atoms with Crippen molar-refractivity contribution in [3.8, 4) is 0 Å². The number of rotatable bonds is 12. The number of thioether (sulfide) groups is 1. The average Bonchev–Trinajstić information content (AvgIpc) is 3.40. The lowest BCUT2D eigenvalue weighted by atomic mass is 9.66. The summed E-state index contributed by atoms with van der Waals surface area (Å²) < 4.78 is -1.13. The smallest absolute Gasteiger partial charge is 0.247 e. The molecule has 3 heterocycles. The van der Waals surface area contributed by atoms with Gasteiger partial charge in [-0.1, -0.05) is 32.9 Å². The second-order valence-electron chi connectivity index (χ2n) is 12.9. The molecule has 214 valence electrons. The van der Waals surface area contributed by atoms with Gasteiger partial charge in [0.25, 0.3) is 0 Å². The van der Waals surface area contributed by atoms with Crippen molar-refractivity contribution in [2.75, 3.05) is 26.2 Å². The Bertz CT molecular complexity index is 946. The van der Waals surface area contributed by atoms with E-state index < -0.39 is 39.0 Å². The molecule has 38 heavy (non-hydrogen) atoms. The lowest BCUT2D eigenvalue weighted by Crippen LogP contribution is -2.60. The Balaban J connectivity index is 2.18. The van der Waals surface area contributed by atoms with Crippen LogP contribution in [0.3, 0.4) is 0 Å². The molecule has 3 fully saturated rings. The maximum Gasteiger partial charge on any atom is 0.247 e. The van der Waals surface area contributed by atoms with E-state index in [1.54, 1.807) is 33.7 Å². The Kier molecular flexibility index (Phi) is 9.19. The zero-order valence-electron chi connectivity index (χ0n) is 24.5. The van der Waals surface area contributed by atoms with Crippen LogP contribution in [-0.2, 0) is 14.4 Å². The van der Waals surface area contributed by atoms with Gasteiger partial charge in [0.05, 0.1) is 29.2 Å². The van der Waals surface area contributed by atoms with E-state index in [0.717, 1.165) is 12.8 Å². The molecule has 0 aromatic heterocycles. The third kappa shape index (κ3) is 5.07. The van der Waals surface area contributed by atoms with Gasteiger partial charge in [0.2, 0.25) is 17.7 Å². The fourth-order valence-corrected chi connectivity index (χ4v) is 9.45.